The molecule has 2 aromatic heterocycles. The monoisotopic (exact) mass is 409 g/mol. The third-order valence-electron chi connectivity index (χ3n) is 5.80. The molecule has 0 aliphatic carbocycles. The molecule has 3 heterocycles. The van der Waals surface area contributed by atoms with Crippen LogP contribution in [0.5, 0.6) is 0 Å². The van der Waals surface area contributed by atoms with Gasteiger partial charge in [-0.25, -0.2) is 0 Å². The minimum atomic E-state index is -0.227. The van der Waals surface area contributed by atoms with Crippen molar-refractivity contribution >= 4 is 22.8 Å². The van der Waals surface area contributed by atoms with E-state index in [2.05, 4.69) is 68.2 Å². The first-order valence-corrected chi connectivity index (χ1v) is 10.6. The molecule has 160 valence electrons. The second-order valence-corrected chi connectivity index (χ2v) is 9.08. The molecule has 1 saturated heterocycles. The summed E-state index contributed by atoms with van der Waals surface area (Å²) in [7, 11) is 0. The smallest absolute Gasteiger partial charge is 0.289 e. The van der Waals surface area contributed by atoms with E-state index in [-0.39, 0.29) is 23.3 Å². The summed E-state index contributed by atoms with van der Waals surface area (Å²) < 4.78 is 0. The zero-order chi connectivity index (χ0) is 21.3. The van der Waals surface area contributed by atoms with E-state index in [4.69, 9.17) is 0 Å². The molecule has 1 aliphatic heterocycles. The highest BCUT2D eigenvalue weighted by Gasteiger charge is 2.27. The van der Waals surface area contributed by atoms with Crippen LogP contribution in [0.15, 0.2) is 30.5 Å². The van der Waals surface area contributed by atoms with Gasteiger partial charge in [-0.1, -0.05) is 18.2 Å². The molecule has 1 atom stereocenters. The van der Waals surface area contributed by atoms with Gasteiger partial charge >= 0.3 is 0 Å². The molecular formula is C22H31N7O. The van der Waals surface area contributed by atoms with Gasteiger partial charge in [-0.15, -0.1) is 10.2 Å². The molecule has 8 nitrogen and oxygen atoms in total. The molecule has 8 heteroatoms. The number of hydrogen-bond acceptors (Lipinski definition) is 5. The zero-order valence-electron chi connectivity index (χ0n) is 18.2. The Hall–Kier alpha value is -2.87. The van der Waals surface area contributed by atoms with Crippen molar-refractivity contribution in [3.8, 4) is 0 Å². The van der Waals surface area contributed by atoms with Gasteiger partial charge in [0.05, 0.1) is 0 Å². The van der Waals surface area contributed by atoms with Crippen molar-refractivity contribution in [1.29, 1.82) is 0 Å². The van der Waals surface area contributed by atoms with Crippen LogP contribution in [0.4, 0.5) is 5.95 Å². The molecule has 3 N–H and O–H groups in total. The van der Waals surface area contributed by atoms with Crippen LogP contribution < -0.4 is 10.2 Å². The zero-order valence-corrected chi connectivity index (χ0v) is 18.2. The molecule has 1 unspecified atom stereocenters. The number of para-hydroxylation sites is 1. The summed E-state index contributed by atoms with van der Waals surface area (Å²) in [6.07, 6.45) is 2.75. The van der Waals surface area contributed by atoms with E-state index in [1.54, 1.807) is 0 Å². The Balaban J connectivity index is 1.34. The number of fused-ring (bicyclic) bond motifs is 1. The highest BCUT2D eigenvalue weighted by atomic mass is 16.2. The van der Waals surface area contributed by atoms with Crippen molar-refractivity contribution in [2.24, 2.45) is 0 Å². The van der Waals surface area contributed by atoms with E-state index < -0.39 is 0 Å². The Morgan fingerprint density at radius 1 is 1.17 bits per heavy atom. The molecular weight excluding hydrogens is 378 g/mol. The number of amides is 1. The lowest BCUT2D eigenvalue weighted by Crippen LogP contribution is -2.53. The predicted molar refractivity (Wildman–Crippen MR) is 119 cm³/mol. The standard InChI is InChI=1S/C22H31N7O/c1-15(13-16-14-23-18-8-6-5-7-17(16)18)24-20(30)19-25-21(27-26-19)28-9-11-29(12-10-28)22(2,3)4/h5-8,14-15,23H,9-13H2,1-4H3,(H,24,30)(H,25,26,27). The van der Waals surface area contributed by atoms with Crippen molar-refractivity contribution in [1.82, 2.24) is 30.4 Å². The van der Waals surface area contributed by atoms with Crippen LogP contribution >= 0.6 is 0 Å². The fourth-order valence-electron chi connectivity index (χ4n) is 4.06. The van der Waals surface area contributed by atoms with Gasteiger partial charge in [-0.2, -0.15) is 0 Å². The summed E-state index contributed by atoms with van der Waals surface area (Å²) in [6, 6.07) is 8.16. The molecule has 1 aliphatic rings. The number of aromatic nitrogens is 4. The minimum Gasteiger partial charge on any atom is -0.361 e. The van der Waals surface area contributed by atoms with Gasteiger partial charge in [-0.05, 0) is 45.7 Å². The van der Waals surface area contributed by atoms with Crippen molar-refractivity contribution in [3.05, 3.63) is 41.9 Å². The predicted octanol–water partition coefficient (Wildman–Crippen LogP) is 2.57. The molecule has 3 aromatic rings. The van der Waals surface area contributed by atoms with Crippen LogP contribution in [0.25, 0.3) is 10.9 Å². The topological polar surface area (TPSA) is 92.9 Å². The van der Waals surface area contributed by atoms with Crippen molar-refractivity contribution < 1.29 is 4.79 Å². The van der Waals surface area contributed by atoms with Crippen molar-refractivity contribution in [2.45, 2.75) is 45.7 Å². The lowest BCUT2D eigenvalue weighted by atomic mass is 10.1. The van der Waals surface area contributed by atoms with E-state index in [1.807, 2.05) is 25.3 Å². The van der Waals surface area contributed by atoms with Gasteiger partial charge in [0, 0.05) is 54.9 Å². The molecule has 1 fully saturated rings. The molecule has 4 rings (SSSR count). The van der Waals surface area contributed by atoms with Crippen LogP contribution in [0.1, 0.15) is 43.9 Å². The average Bonchev–Trinajstić information content (AvgIpc) is 3.35. The summed E-state index contributed by atoms with van der Waals surface area (Å²) >= 11 is 0. The summed E-state index contributed by atoms with van der Waals surface area (Å²) in [5.41, 5.74) is 2.46. The molecule has 30 heavy (non-hydrogen) atoms. The number of benzene rings is 1. The SMILES string of the molecule is CC(Cc1c[nH]c2ccccc12)NC(=O)c1nnc(N2CCN(C(C)(C)C)CC2)[nH]1. The number of rotatable bonds is 5. The van der Waals surface area contributed by atoms with E-state index in [1.165, 1.54) is 10.9 Å². The van der Waals surface area contributed by atoms with E-state index in [0.29, 0.717) is 5.95 Å². The van der Waals surface area contributed by atoms with Crippen molar-refractivity contribution in [3.63, 3.8) is 0 Å². The van der Waals surface area contributed by atoms with Crippen LogP contribution in [-0.2, 0) is 6.42 Å². The number of aromatic amines is 2. The molecule has 0 spiro atoms. The molecule has 0 saturated carbocycles. The van der Waals surface area contributed by atoms with Crippen LogP contribution in [0.3, 0.4) is 0 Å². The number of hydrogen-bond donors (Lipinski definition) is 3. The van der Waals surface area contributed by atoms with E-state index >= 15 is 0 Å². The van der Waals surface area contributed by atoms with Gasteiger partial charge in [0.15, 0.2) is 0 Å². The third-order valence-corrected chi connectivity index (χ3v) is 5.80. The van der Waals surface area contributed by atoms with Gasteiger partial charge in [0.1, 0.15) is 0 Å². The van der Waals surface area contributed by atoms with Crippen molar-refractivity contribution in [2.75, 3.05) is 31.1 Å². The quantitative estimate of drug-likeness (QED) is 0.602. The summed E-state index contributed by atoms with van der Waals surface area (Å²) in [5.74, 6) is 0.696. The number of carbonyl (C=O) groups excluding carboxylic acids is 1. The fourth-order valence-corrected chi connectivity index (χ4v) is 4.06. The Kier molecular flexibility index (Phi) is 5.51. The Morgan fingerprint density at radius 2 is 1.90 bits per heavy atom. The van der Waals surface area contributed by atoms with Crippen LogP contribution in [0.2, 0.25) is 0 Å². The largest absolute Gasteiger partial charge is 0.361 e. The summed E-state index contributed by atoms with van der Waals surface area (Å²) in [4.78, 5) is 23.6. The Labute approximate surface area is 177 Å². The number of piperazine rings is 1. The molecule has 0 bridgehead atoms. The normalized spacial score (nSPS) is 16.7. The lowest BCUT2D eigenvalue weighted by molar-refractivity contribution is 0.0930. The Morgan fingerprint density at radius 3 is 2.63 bits per heavy atom. The van der Waals surface area contributed by atoms with E-state index in [9.17, 15) is 4.79 Å². The molecule has 1 amide bonds. The number of nitrogens with zero attached hydrogens (tertiary/aromatic N) is 4. The number of nitrogens with one attached hydrogen (secondary N) is 3. The maximum Gasteiger partial charge on any atom is 0.289 e. The second kappa shape index (κ2) is 8.10. The number of anilines is 1. The first-order chi connectivity index (χ1) is 14.3. The second-order valence-electron chi connectivity index (χ2n) is 9.08. The minimum absolute atomic E-state index is 0.0272. The van der Waals surface area contributed by atoms with Gasteiger partial charge < -0.3 is 20.2 Å². The highest BCUT2D eigenvalue weighted by Crippen LogP contribution is 2.20. The lowest BCUT2D eigenvalue weighted by Gasteiger charge is -2.42. The maximum absolute atomic E-state index is 12.6. The van der Waals surface area contributed by atoms with Crippen LogP contribution in [-0.4, -0.2) is 68.7 Å². The first-order valence-electron chi connectivity index (χ1n) is 10.6. The van der Waals surface area contributed by atoms with Gasteiger partial charge in [0.2, 0.25) is 11.8 Å². The highest BCUT2D eigenvalue weighted by molar-refractivity contribution is 5.91. The van der Waals surface area contributed by atoms with Crippen LogP contribution in [0, 0.1) is 0 Å². The summed E-state index contributed by atoms with van der Waals surface area (Å²) in [6.45, 7) is 12.4. The maximum atomic E-state index is 12.6. The third kappa shape index (κ3) is 4.33. The average molecular weight is 410 g/mol. The summed E-state index contributed by atoms with van der Waals surface area (Å²) in [5, 5.41) is 12.5. The molecule has 0 radical (unpaired) electrons. The van der Waals surface area contributed by atoms with Gasteiger partial charge in [-0.3, -0.25) is 9.69 Å². The molecule has 1 aromatic carbocycles. The Bertz CT molecular complexity index is 1010. The van der Waals surface area contributed by atoms with Gasteiger partial charge in [0.25, 0.3) is 5.91 Å². The fraction of sp³-hybridized carbons (Fsp3) is 0.500. The number of carbonyl (C=O) groups is 1. The number of H-pyrrole nitrogens is 2. The van der Waals surface area contributed by atoms with E-state index in [0.717, 1.165) is 38.1 Å². The first kappa shape index (κ1) is 20.4.